The molecular formula is C90H109F4N12O14Pd-. The van der Waals surface area contributed by atoms with Crippen LogP contribution in [0.15, 0.2) is 104 Å². The second-order valence-corrected chi connectivity index (χ2v) is 33.9. The molecule has 31 heteroatoms. The van der Waals surface area contributed by atoms with Crippen LogP contribution in [0.5, 0.6) is 0 Å². The van der Waals surface area contributed by atoms with Gasteiger partial charge in [0.15, 0.2) is 11.6 Å². The smallest absolute Gasteiger partial charge is 0.341 e. The zero-order valence-corrected chi connectivity index (χ0v) is 71.5. The van der Waals surface area contributed by atoms with E-state index in [4.69, 9.17) is 65.8 Å². The number of esters is 4. The molecule has 8 N–H and O–H groups in total. The number of carbonyl (C=O) groups excluding carboxylic acids is 6. The van der Waals surface area contributed by atoms with E-state index in [1.165, 1.54) is 48.5 Å². The molecule has 121 heavy (non-hydrogen) atoms. The number of carbonyl (C=O) groups is 6. The van der Waals surface area contributed by atoms with Crippen LogP contribution >= 0.6 is 0 Å². The maximum atomic E-state index is 14.7. The summed E-state index contributed by atoms with van der Waals surface area (Å²) in [5, 5.41) is 0. The van der Waals surface area contributed by atoms with Crippen molar-refractivity contribution < 1.29 is 105 Å². The van der Waals surface area contributed by atoms with E-state index in [2.05, 4.69) is 34.9 Å². The molecule has 652 valence electrons. The Morgan fingerprint density at radius 3 is 0.942 bits per heavy atom. The maximum Gasteiger partial charge on any atom is 0.341 e. The number of hydrogen-bond donors (Lipinski definition) is 4. The average molecular weight is 1770 g/mol. The first-order valence-corrected chi connectivity index (χ1v) is 39.5. The van der Waals surface area contributed by atoms with Gasteiger partial charge in [0.05, 0.1) is 96.2 Å². The molecule has 6 heterocycles. The Labute approximate surface area is 717 Å². The molecule has 0 amide bonds. The third-order valence-electron chi connectivity index (χ3n) is 20.2. The first-order valence-electron chi connectivity index (χ1n) is 39.5. The number of allylic oxidation sites excluding steroid dienone is 1. The summed E-state index contributed by atoms with van der Waals surface area (Å²) in [4.78, 5) is 107. The fourth-order valence-electron chi connectivity index (χ4n) is 14.3. The zero-order valence-electron chi connectivity index (χ0n) is 69.9. The Kier molecular flexibility index (Phi) is 31.8. The van der Waals surface area contributed by atoms with Crippen molar-refractivity contribution in [2.75, 3.05) is 49.4 Å². The van der Waals surface area contributed by atoms with Gasteiger partial charge in [-0.1, -0.05) is 37.8 Å². The summed E-state index contributed by atoms with van der Waals surface area (Å²) in [5.41, 5.74) is 27.8. The van der Waals surface area contributed by atoms with Gasteiger partial charge in [0.25, 0.3) is 0 Å². The van der Waals surface area contributed by atoms with Crippen molar-refractivity contribution in [1.82, 2.24) is 39.9 Å². The van der Waals surface area contributed by atoms with Gasteiger partial charge in [-0.25, -0.2) is 76.6 Å². The molecule has 4 aromatic carbocycles. The number of nitrogens with zero attached hydrogens (tertiary/aromatic N) is 8. The van der Waals surface area contributed by atoms with Gasteiger partial charge >= 0.3 is 23.9 Å². The number of nitrogens with two attached hydrogens (primary N) is 4. The number of Topliss-reactive ketones (excluding diaryl/α,β-unsaturated/α-hetero) is 2. The van der Waals surface area contributed by atoms with Crippen molar-refractivity contribution >= 4 is 64.3 Å². The minimum atomic E-state index is -0.726. The summed E-state index contributed by atoms with van der Waals surface area (Å²) in [7, 11) is 0. The van der Waals surface area contributed by atoms with E-state index in [-0.39, 0.29) is 110 Å². The number of rotatable bonds is 12. The minimum Gasteiger partial charge on any atom is -0.456 e. The first-order chi connectivity index (χ1) is 55.6. The van der Waals surface area contributed by atoms with Crippen LogP contribution in [0.4, 0.5) is 40.8 Å². The summed E-state index contributed by atoms with van der Waals surface area (Å²) < 4.78 is 103. The van der Waals surface area contributed by atoms with Crippen LogP contribution in [0.25, 0.3) is 50.6 Å². The van der Waals surface area contributed by atoms with Crippen molar-refractivity contribution in [1.29, 1.82) is 0 Å². The normalized spacial score (nSPS) is 16.7. The molecule has 26 nitrogen and oxygen atoms in total. The molecule has 14 rings (SSSR count). The summed E-state index contributed by atoms with van der Waals surface area (Å²) in [5.74, 6) is -4.89. The molecule has 0 unspecified atom stereocenters. The number of ether oxygens (including phenoxy) is 8. The molecule has 0 bridgehead atoms. The predicted molar refractivity (Wildman–Crippen MR) is 446 cm³/mol. The van der Waals surface area contributed by atoms with Crippen molar-refractivity contribution in [3.8, 4) is 45.0 Å². The summed E-state index contributed by atoms with van der Waals surface area (Å²) in [6, 6.07) is 16.8. The van der Waals surface area contributed by atoms with E-state index >= 15 is 0 Å². The van der Waals surface area contributed by atoms with Crippen LogP contribution in [0.2, 0.25) is 0 Å². The maximum absolute atomic E-state index is 14.7. The monoisotopic (exact) mass is 1760 g/mol. The van der Waals surface area contributed by atoms with Crippen molar-refractivity contribution in [3.63, 3.8) is 0 Å². The molecule has 4 aliphatic carbocycles. The second kappa shape index (κ2) is 40.1. The van der Waals surface area contributed by atoms with Crippen molar-refractivity contribution in [2.24, 2.45) is 0 Å². The number of ketones is 2. The van der Waals surface area contributed by atoms with Crippen LogP contribution in [0.3, 0.4) is 0 Å². The largest absolute Gasteiger partial charge is 0.456 e. The number of aromatic nitrogens is 8. The minimum absolute atomic E-state index is 0. The quantitative estimate of drug-likeness (QED) is 0.0290. The molecule has 8 aromatic rings. The molecule has 0 radical (unpaired) electrons. The van der Waals surface area contributed by atoms with E-state index in [1.807, 2.05) is 6.08 Å². The Bertz CT molecular complexity index is 4950. The molecule has 2 saturated heterocycles. The molecule has 2 spiro atoms. The zero-order chi connectivity index (χ0) is 85.4. The third kappa shape index (κ3) is 25.4. The Morgan fingerprint density at radius 1 is 0.397 bits per heavy atom. The molecule has 2 aliphatic heterocycles. The van der Waals surface area contributed by atoms with Gasteiger partial charge in [-0.3, -0.25) is 9.59 Å². The van der Waals surface area contributed by atoms with Crippen LogP contribution in [0, 0.1) is 30.7 Å². The SMILES string of the molecule is C.CC(C)(C)OC(=O)c1ccc(-c2nc(C3=CCC4(CC3)OCCO4)cnc2N)cc1F.CC(C)(C)OC(=O)c1ccc(-c2nc(C3CCC(=O)CC3)cnc2N)cc1F.CC(C)(C)OC(=O)c1ccc(-c2nc(C3CCC(=O)CC3)cnc2N)cc1F.CC(C)(C)OC(=O)c1ccc(-c2nc(C3CCC4(CC3)OCCO4)cnc2N)cc1F.[CH3-].[Pd]. The van der Waals surface area contributed by atoms with Gasteiger partial charge < -0.3 is 68.3 Å². The van der Waals surface area contributed by atoms with E-state index in [9.17, 15) is 46.3 Å². The van der Waals surface area contributed by atoms with Crippen LogP contribution in [-0.2, 0) is 67.9 Å². The molecule has 0 atom stereocenters. The van der Waals surface area contributed by atoms with Gasteiger partial charge in [0, 0.05) is 112 Å². The Hall–Kier alpha value is -10.4. The van der Waals surface area contributed by atoms with E-state index < -0.39 is 81.1 Å². The van der Waals surface area contributed by atoms with Crippen LogP contribution in [0.1, 0.15) is 269 Å². The number of anilines is 4. The molecule has 6 aliphatic rings. The van der Waals surface area contributed by atoms with Gasteiger partial charge in [-0.05, 0) is 182 Å². The van der Waals surface area contributed by atoms with Gasteiger partial charge in [0.2, 0.25) is 0 Å². The van der Waals surface area contributed by atoms with E-state index in [1.54, 1.807) is 132 Å². The summed E-state index contributed by atoms with van der Waals surface area (Å²) >= 11 is 0. The fraction of sp³-hybridized carbons (Fsp3) is 0.456. The van der Waals surface area contributed by atoms with Crippen molar-refractivity contribution in [2.45, 2.75) is 239 Å². The third-order valence-corrected chi connectivity index (χ3v) is 20.2. The van der Waals surface area contributed by atoms with Crippen LogP contribution in [-0.4, -0.2) is 136 Å². The van der Waals surface area contributed by atoms with Gasteiger partial charge in [-0.2, -0.15) is 0 Å². The van der Waals surface area contributed by atoms with Crippen molar-refractivity contribution in [3.05, 3.63) is 179 Å². The molecule has 4 aromatic heterocycles. The standard InChI is InChI=1S/C23H28FN3O4.C23H26FN3O4.2C21H24FN3O3.CH4.CH3.Pd/c2*1-22(2,3)31-21(28)16-5-4-15(12-17(16)24)19-20(25)26-13-18(27-19)14-6-8-23(9-7-14)29-10-11-30-23;2*1-21(2,3)28-20(27)15-9-6-13(10-16(15)22)18-19(23)24-11-17(25-18)12-4-7-14(26)8-5-12;;;/h4-5,12-14H,6-11H2,1-3H3,(H2,25,26);4-6,12-13H,7-11H2,1-3H3,(H2,25,26);2*6,9-12H,4-5,7-8H2,1-3H3,(H2,23,24);1H4;1H3;/q;;;;;-1;. The van der Waals surface area contributed by atoms with Gasteiger partial charge in [0.1, 0.15) is 103 Å². The van der Waals surface area contributed by atoms with E-state index in [0.717, 1.165) is 86.9 Å². The summed E-state index contributed by atoms with van der Waals surface area (Å²) in [6.45, 7) is 23.2. The second-order valence-electron chi connectivity index (χ2n) is 33.9. The Balaban J connectivity index is 0.000000199. The number of benzene rings is 4. The molecule has 5 fully saturated rings. The molecular weight excluding hydrogens is 1660 g/mol. The number of nitrogen functional groups attached to an aromatic ring is 4. The predicted octanol–water partition coefficient (Wildman–Crippen LogP) is 17.5. The average Bonchev–Trinajstić information content (AvgIpc) is 1.74. The Morgan fingerprint density at radius 2 is 0.669 bits per heavy atom. The number of hydrogen-bond acceptors (Lipinski definition) is 26. The number of halogens is 4. The first kappa shape index (κ1) is 96.0. The van der Waals surface area contributed by atoms with Gasteiger partial charge in [-0.15, -0.1) is 0 Å². The molecule has 3 saturated carbocycles. The summed E-state index contributed by atoms with van der Waals surface area (Å²) in [6.07, 6.45) is 19.1. The fourth-order valence-corrected chi connectivity index (χ4v) is 14.3. The van der Waals surface area contributed by atoms with Crippen LogP contribution < -0.4 is 22.9 Å². The topological polar surface area (TPSA) is 383 Å². The van der Waals surface area contributed by atoms with E-state index in [0.29, 0.717) is 109 Å².